The normalized spacial score (nSPS) is 13.6. The third-order valence-electron chi connectivity index (χ3n) is 2.18. The number of alkyl halides is 3. The molecule has 1 rings (SSSR count). The van der Waals surface area contributed by atoms with Gasteiger partial charge in [-0.2, -0.15) is 13.2 Å². The van der Waals surface area contributed by atoms with Gasteiger partial charge in [0.05, 0.1) is 16.4 Å². The smallest absolute Gasteiger partial charge is 0.320 e. The molecule has 2 nitrogen and oxygen atoms in total. The standard InChI is InChI=1S/C11H14F3NOS/c1-15-6-3-7-17(16)10-5-2-4-9(8-10)11(12,13)14/h2,4-5,8,15H,3,6-7H2,1H3. The van der Waals surface area contributed by atoms with E-state index in [1.165, 1.54) is 12.1 Å². The number of hydrogen-bond donors (Lipinski definition) is 1. The van der Waals surface area contributed by atoms with Gasteiger partial charge in [0.2, 0.25) is 0 Å². The van der Waals surface area contributed by atoms with Gasteiger partial charge in [0, 0.05) is 10.6 Å². The molecular formula is C11H14F3NOS. The molecule has 0 amide bonds. The molecule has 0 fully saturated rings. The molecule has 0 aliphatic heterocycles. The summed E-state index contributed by atoms with van der Waals surface area (Å²) in [6.45, 7) is 0.699. The number of hydrogen-bond acceptors (Lipinski definition) is 2. The highest BCUT2D eigenvalue weighted by molar-refractivity contribution is 7.85. The summed E-state index contributed by atoms with van der Waals surface area (Å²) in [4.78, 5) is 0.232. The third-order valence-corrected chi connectivity index (χ3v) is 3.62. The molecule has 1 atom stereocenters. The van der Waals surface area contributed by atoms with E-state index < -0.39 is 22.5 Å². The molecule has 17 heavy (non-hydrogen) atoms. The monoisotopic (exact) mass is 265 g/mol. The average Bonchev–Trinajstić information content (AvgIpc) is 2.28. The maximum Gasteiger partial charge on any atom is 0.416 e. The van der Waals surface area contributed by atoms with Crippen molar-refractivity contribution >= 4 is 10.8 Å². The van der Waals surface area contributed by atoms with Gasteiger partial charge in [-0.25, -0.2) is 0 Å². The molecule has 0 spiro atoms. The van der Waals surface area contributed by atoms with Crippen molar-refractivity contribution in [3.63, 3.8) is 0 Å². The van der Waals surface area contributed by atoms with Crippen LogP contribution in [0.15, 0.2) is 29.2 Å². The van der Waals surface area contributed by atoms with Crippen LogP contribution < -0.4 is 5.32 Å². The fraction of sp³-hybridized carbons (Fsp3) is 0.455. The van der Waals surface area contributed by atoms with Crippen molar-refractivity contribution in [2.75, 3.05) is 19.3 Å². The quantitative estimate of drug-likeness (QED) is 0.828. The Labute approximate surface area is 101 Å². The lowest BCUT2D eigenvalue weighted by Crippen LogP contribution is -2.12. The van der Waals surface area contributed by atoms with Gasteiger partial charge >= 0.3 is 6.18 Å². The minimum atomic E-state index is -4.38. The molecular weight excluding hydrogens is 251 g/mol. The van der Waals surface area contributed by atoms with E-state index in [1.807, 2.05) is 0 Å². The predicted octanol–water partition coefficient (Wildman–Crippen LogP) is 2.42. The third kappa shape index (κ3) is 4.47. The Morgan fingerprint density at radius 2 is 2.06 bits per heavy atom. The summed E-state index contributed by atoms with van der Waals surface area (Å²) < 4.78 is 49.0. The van der Waals surface area contributed by atoms with Gasteiger partial charge in [0.25, 0.3) is 0 Å². The highest BCUT2D eigenvalue weighted by Crippen LogP contribution is 2.30. The minimum absolute atomic E-state index is 0.232. The molecule has 0 radical (unpaired) electrons. The minimum Gasteiger partial charge on any atom is -0.320 e. The summed E-state index contributed by atoms with van der Waals surface area (Å²) in [5.41, 5.74) is -0.753. The Kier molecular flexibility index (Phi) is 5.14. The first-order valence-corrected chi connectivity index (χ1v) is 6.47. The highest BCUT2D eigenvalue weighted by Gasteiger charge is 2.30. The van der Waals surface area contributed by atoms with Crippen molar-refractivity contribution in [2.24, 2.45) is 0 Å². The molecule has 96 valence electrons. The molecule has 0 saturated heterocycles. The van der Waals surface area contributed by atoms with Gasteiger partial charge in [-0.3, -0.25) is 4.21 Å². The zero-order chi connectivity index (χ0) is 12.9. The van der Waals surface area contributed by atoms with Crippen LogP contribution in [-0.2, 0) is 17.0 Å². The van der Waals surface area contributed by atoms with Crippen LogP contribution in [0.1, 0.15) is 12.0 Å². The summed E-state index contributed by atoms with van der Waals surface area (Å²) in [6, 6.07) is 4.68. The lowest BCUT2D eigenvalue weighted by Gasteiger charge is -2.08. The zero-order valence-electron chi connectivity index (χ0n) is 9.38. The van der Waals surface area contributed by atoms with E-state index in [1.54, 1.807) is 7.05 Å². The van der Waals surface area contributed by atoms with Crippen LogP contribution in [0.25, 0.3) is 0 Å². The summed E-state index contributed by atoms with van der Waals surface area (Å²) in [5.74, 6) is 0.363. The molecule has 0 aromatic heterocycles. The van der Waals surface area contributed by atoms with Gasteiger partial charge in [-0.1, -0.05) is 6.07 Å². The topological polar surface area (TPSA) is 29.1 Å². The van der Waals surface area contributed by atoms with Crippen molar-refractivity contribution in [3.05, 3.63) is 29.8 Å². The molecule has 1 unspecified atom stereocenters. The Hall–Kier alpha value is -0.880. The molecule has 1 N–H and O–H groups in total. The molecule has 0 aliphatic rings. The molecule has 1 aromatic carbocycles. The second-order valence-electron chi connectivity index (χ2n) is 3.53. The molecule has 0 heterocycles. The van der Waals surface area contributed by atoms with Crippen molar-refractivity contribution in [1.29, 1.82) is 0 Å². The maximum absolute atomic E-state index is 12.4. The maximum atomic E-state index is 12.4. The van der Waals surface area contributed by atoms with E-state index in [4.69, 9.17) is 0 Å². The highest BCUT2D eigenvalue weighted by atomic mass is 32.2. The summed E-state index contributed by atoms with van der Waals surface area (Å²) in [7, 11) is 0.401. The molecule has 0 aliphatic carbocycles. The molecule has 0 saturated carbocycles. The van der Waals surface area contributed by atoms with Crippen molar-refractivity contribution in [2.45, 2.75) is 17.5 Å². The first-order valence-electron chi connectivity index (χ1n) is 5.15. The SMILES string of the molecule is CNCCCS(=O)c1cccc(C(F)(F)F)c1. The van der Waals surface area contributed by atoms with Crippen LogP contribution in [0.2, 0.25) is 0 Å². The molecule has 1 aromatic rings. The Morgan fingerprint density at radius 3 is 2.65 bits per heavy atom. The van der Waals surface area contributed by atoms with Crippen LogP contribution in [0.4, 0.5) is 13.2 Å². The Morgan fingerprint density at radius 1 is 1.35 bits per heavy atom. The number of halogens is 3. The van der Waals surface area contributed by atoms with E-state index in [2.05, 4.69) is 5.32 Å². The van der Waals surface area contributed by atoms with Crippen molar-refractivity contribution < 1.29 is 17.4 Å². The van der Waals surface area contributed by atoms with Gasteiger partial charge in [-0.05, 0) is 38.2 Å². The lowest BCUT2D eigenvalue weighted by molar-refractivity contribution is -0.137. The Balaban J connectivity index is 2.74. The van der Waals surface area contributed by atoms with E-state index in [-0.39, 0.29) is 4.90 Å². The largest absolute Gasteiger partial charge is 0.416 e. The first-order chi connectivity index (χ1) is 7.95. The van der Waals surface area contributed by atoms with Crippen molar-refractivity contribution in [1.82, 2.24) is 5.32 Å². The van der Waals surface area contributed by atoms with E-state index in [0.29, 0.717) is 18.7 Å². The van der Waals surface area contributed by atoms with Gasteiger partial charge in [0.1, 0.15) is 0 Å². The fourth-order valence-electron chi connectivity index (χ4n) is 1.31. The fourth-order valence-corrected chi connectivity index (χ4v) is 2.44. The van der Waals surface area contributed by atoms with E-state index in [9.17, 15) is 17.4 Å². The van der Waals surface area contributed by atoms with Crippen LogP contribution in [0.5, 0.6) is 0 Å². The first kappa shape index (κ1) is 14.2. The molecule has 6 heteroatoms. The lowest BCUT2D eigenvalue weighted by atomic mass is 10.2. The summed E-state index contributed by atoms with van der Waals surface area (Å²) >= 11 is 0. The number of rotatable bonds is 5. The van der Waals surface area contributed by atoms with Gasteiger partial charge in [-0.15, -0.1) is 0 Å². The Bertz CT molecular complexity index is 393. The van der Waals surface area contributed by atoms with Crippen LogP contribution in [0.3, 0.4) is 0 Å². The van der Waals surface area contributed by atoms with Crippen LogP contribution in [-0.4, -0.2) is 23.6 Å². The second-order valence-corrected chi connectivity index (χ2v) is 5.10. The number of nitrogens with one attached hydrogen (secondary N) is 1. The number of benzene rings is 1. The molecule has 0 bridgehead atoms. The second kappa shape index (κ2) is 6.16. The van der Waals surface area contributed by atoms with Gasteiger partial charge < -0.3 is 5.32 Å². The predicted molar refractivity (Wildman–Crippen MR) is 61.3 cm³/mol. The zero-order valence-corrected chi connectivity index (χ0v) is 10.2. The average molecular weight is 265 g/mol. The van der Waals surface area contributed by atoms with Crippen LogP contribution >= 0.6 is 0 Å². The van der Waals surface area contributed by atoms with Gasteiger partial charge in [0.15, 0.2) is 0 Å². The summed E-state index contributed by atoms with van der Waals surface area (Å²) in [5, 5.41) is 2.90. The van der Waals surface area contributed by atoms with E-state index >= 15 is 0 Å². The van der Waals surface area contributed by atoms with Crippen molar-refractivity contribution in [3.8, 4) is 0 Å². The van der Waals surface area contributed by atoms with Crippen LogP contribution in [0, 0.1) is 0 Å². The summed E-state index contributed by atoms with van der Waals surface area (Å²) in [6.07, 6.45) is -3.72. The van der Waals surface area contributed by atoms with E-state index in [0.717, 1.165) is 12.1 Å².